The zero-order valence-electron chi connectivity index (χ0n) is 13.4. The maximum absolute atomic E-state index is 12.5. The highest BCUT2D eigenvalue weighted by Crippen LogP contribution is 2.23. The summed E-state index contributed by atoms with van der Waals surface area (Å²) in [6.45, 7) is 3.11. The van der Waals surface area contributed by atoms with Crippen LogP contribution in [0.3, 0.4) is 0 Å². The average Bonchev–Trinajstić information content (AvgIpc) is 2.51. The zero-order valence-corrected chi connectivity index (χ0v) is 14.2. The molecular weight excluding hydrogens is 314 g/mol. The Labute approximate surface area is 137 Å². The Hall–Kier alpha value is -2.07. The van der Waals surface area contributed by atoms with Crippen LogP contribution in [0.5, 0.6) is 0 Å². The second-order valence-corrected chi connectivity index (χ2v) is 7.89. The van der Waals surface area contributed by atoms with Crippen molar-refractivity contribution in [1.29, 1.82) is 5.26 Å². The summed E-state index contributed by atoms with van der Waals surface area (Å²) in [5.41, 5.74) is 0.480. The minimum atomic E-state index is -3.66. The highest BCUT2D eigenvalue weighted by Gasteiger charge is 2.27. The Morgan fingerprint density at radius 2 is 2.13 bits per heavy atom. The Morgan fingerprint density at radius 3 is 2.74 bits per heavy atom. The summed E-state index contributed by atoms with van der Waals surface area (Å²) < 4.78 is 25.3. The molecule has 1 unspecified atom stereocenters. The molecule has 6 nitrogen and oxygen atoms in total. The van der Waals surface area contributed by atoms with E-state index in [1.54, 1.807) is 29.2 Å². The molecule has 0 N–H and O–H groups in total. The molecule has 0 spiro atoms. The number of hydrogen-bond acceptors (Lipinski definition) is 4. The molecule has 2 rings (SSSR count). The third kappa shape index (κ3) is 4.23. The second kappa shape index (κ2) is 7.01. The fourth-order valence-corrected chi connectivity index (χ4v) is 3.67. The van der Waals surface area contributed by atoms with E-state index in [2.05, 4.69) is 6.92 Å². The SMILES string of the molecule is CC1CCCN(C(=O)CN(c2ccccc2C#N)S(C)(=O)=O)C1. The van der Waals surface area contributed by atoms with Crippen molar-refractivity contribution in [3.63, 3.8) is 0 Å². The van der Waals surface area contributed by atoms with Gasteiger partial charge in [0, 0.05) is 13.1 Å². The molecule has 1 amide bonds. The van der Waals surface area contributed by atoms with Gasteiger partial charge >= 0.3 is 0 Å². The summed E-state index contributed by atoms with van der Waals surface area (Å²) in [6, 6.07) is 8.38. The minimum absolute atomic E-state index is 0.227. The fraction of sp³-hybridized carbons (Fsp3) is 0.500. The van der Waals surface area contributed by atoms with Gasteiger partial charge in [0.15, 0.2) is 0 Å². The Kier molecular flexibility index (Phi) is 5.26. The van der Waals surface area contributed by atoms with Crippen molar-refractivity contribution in [3.8, 4) is 6.07 Å². The highest BCUT2D eigenvalue weighted by atomic mass is 32.2. The van der Waals surface area contributed by atoms with Crippen LogP contribution in [-0.4, -0.2) is 45.1 Å². The number of amides is 1. The number of nitriles is 1. The van der Waals surface area contributed by atoms with Gasteiger partial charge in [-0.15, -0.1) is 0 Å². The monoisotopic (exact) mass is 335 g/mol. The molecule has 23 heavy (non-hydrogen) atoms. The lowest BCUT2D eigenvalue weighted by molar-refractivity contribution is -0.131. The zero-order chi connectivity index (χ0) is 17.0. The van der Waals surface area contributed by atoms with Crippen LogP contribution in [0.2, 0.25) is 0 Å². The molecule has 124 valence electrons. The fourth-order valence-electron chi connectivity index (χ4n) is 2.81. The molecule has 0 radical (unpaired) electrons. The summed E-state index contributed by atoms with van der Waals surface area (Å²) in [4.78, 5) is 14.2. The van der Waals surface area contributed by atoms with Crippen LogP contribution in [0.15, 0.2) is 24.3 Å². The van der Waals surface area contributed by atoms with E-state index < -0.39 is 10.0 Å². The van der Waals surface area contributed by atoms with Gasteiger partial charge in [-0.1, -0.05) is 19.1 Å². The Morgan fingerprint density at radius 1 is 1.43 bits per heavy atom. The van der Waals surface area contributed by atoms with Gasteiger partial charge in [-0.25, -0.2) is 8.42 Å². The van der Waals surface area contributed by atoms with Gasteiger partial charge < -0.3 is 4.90 Å². The Bertz CT molecular complexity index is 724. The van der Waals surface area contributed by atoms with E-state index in [9.17, 15) is 18.5 Å². The predicted octanol–water partition coefficient (Wildman–Crippen LogP) is 1.58. The van der Waals surface area contributed by atoms with Crippen LogP contribution in [0.4, 0.5) is 5.69 Å². The molecule has 1 aromatic rings. The molecule has 0 saturated carbocycles. The third-order valence-electron chi connectivity index (χ3n) is 3.98. The summed E-state index contributed by atoms with van der Waals surface area (Å²) >= 11 is 0. The molecule has 1 aliphatic heterocycles. The molecule has 1 heterocycles. The predicted molar refractivity (Wildman–Crippen MR) is 88.3 cm³/mol. The lowest BCUT2D eigenvalue weighted by atomic mass is 10.0. The summed E-state index contributed by atoms with van der Waals surface area (Å²) in [6.07, 6.45) is 3.06. The van der Waals surface area contributed by atoms with E-state index >= 15 is 0 Å². The molecule has 0 aromatic heterocycles. The lowest BCUT2D eigenvalue weighted by Crippen LogP contribution is -2.46. The number of anilines is 1. The van der Waals surface area contributed by atoms with Gasteiger partial charge in [-0.2, -0.15) is 5.26 Å². The topological polar surface area (TPSA) is 81.5 Å². The number of para-hydroxylation sites is 1. The third-order valence-corrected chi connectivity index (χ3v) is 5.11. The van der Waals surface area contributed by atoms with E-state index in [1.165, 1.54) is 0 Å². The van der Waals surface area contributed by atoms with E-state index in [1.807, 2.05) is 6.07 Å². The van der Waals surface area contributed by atoms with Gasteiger partial charge in [-0.3, -0.25) is 9.10 Å². The number of rotatable bonds is 4. The van der Waals surface area contributed by atoms with Gasteiger partial charge in [0.25, 0.3) is 0 Å². The van der Waals surface area contributed by atoms with Crippen LogP contribution >= 0.6 is 0 Å². The number of likely N-dealkylation sites (tertiary alicyclic amines) is 1. The number of sulfonamides is 1. The van der Waals surface area contributed by atoms with Crippen molar-refractivity contribution in [2.75, 3.05) is 30.2 Å². The van der Waals surface area contributed by atoms with Gasteiger partial charge in [0.2, 0.25) is 15.9 Å². The summed E-state index contributed by atoms with van der Waals surface area (Å²) in [5, 5.41) is 9.18. The molecule has 1 atom stereocenters. The first kappa shape index (κ1) is 17.3. The maximum atomic E-state index is 12.5. The summed E-state index contributed by atoms with van der Waals surface area (Å²) in [5.74, 6) is 0.195. The maximum Gasteiger partial charge on any atom is 0.243 e. The van der Waals surface area contributed by atoms with E-state index in [0.717, 1.165) is 23.4 Å². The first-order chi connectivity index (χ1) is 10.8. The first-order valence-corrected chi connectivity index (χ1v) is 9.42. The number of carbonyl (C=O) groups excluding carboxylic acids is 1. The molecule has 0 bridgehead atoms. The number of nitrogens with zero attached hydrogens (tertiary/aromatic N) is 3. The first-order valence-electron chi connectivity index (χ1n) is 7.57. The quantitative estimate of drug-likeness (QED) is 0.836. The number of carbonyl (C=O) groups is 1. The number of hydrogen-bond donors (Lipinski definition) is 0. The van der Waals surface area contributed by atoms with Crippen molar-refractivity contribution >= 4 is 21.6 Å². The minimum Gasteiger partial charge on any atom is -0.341 e. The van der Waals surface area contributed by atoms with Crippen molar-refractivity contribution in [2.24, 2.45) is 5.92 Å². The van der Waals surface area contributed by atoms with E-state index in [-0.39, 0.29) is 23.7 Å². The number of benzene rings is 1. The molecule has 1 fully saturated rings. The smallest absolute Gasteiger partial charge is 0.243 e. The number of piperidine rings is 1. The van der Waals surface area contributed by atoms with Crippen molar-refractivity contribution in [3.05, 3.63) is 29.8 Å². The molecule has 0 aliphatic carbocycles. The van der Waals surface area contributed by atoms with Gasteiger partial charge in [0.05, 0.1) is 17.5 Å². The molecular formula is C16H21N3O3S. The van der Waals surface area contributed by atoms with Crippen LogP contribution < -0.4 is 4.31 Å². The normalized spacial score (nSPS) is 18.3. The van der Waals surface area contributed by atoms with Crippen molar-refractivity contribution in [2.45, 2.75) is 19.8 Å². The highest BCUT2D eigenvalue weighted by molar-refractivity contribution is 7.92. The largest absolute Gasteiger partial charge is 0.341 e. The van der Waals surface area contributed by atoms with Gasteiger partial charge in [-0.05, 0) is 30.9 Å². The average molecular weight is 335 g/mol. The standard InChI is InChI=1S/C16H21N3O3S/c1-13-6-5-9-18(11-13)16(20)12-19(23(2,21)22)15-8-4-3-7-14(15)10-17/h3-4,7-8,13H,5-6,9,11-12H2,1-2H3. The van der Waals surface area contributed by atoms with Crippen LogP contribution in [0, 0.1) is 17.2 Å². The van der Waals surface area contributed by atoms with E-state index in [0.29, 0.717) is 19.0 Å². The summed E-state index contributed by atoms with van der Waals surface area (Å²) in [7, 11) is -3.66. The molecule has 1 aromatic carbocycles. The molecule has 7 heteroatoms. The van der Waals surface area contributed by atoms with E-state index in [4.69, 9.17) is 0 Å². The van der Waals surface area contributed by atoms with Gasteiger partial charge in [0.1, 0.15) is 12.6 Å². The van der Waals surface area contributed by atoms with Crippen molar-refractivity contribution < 1.29 is 13.2 Å². The second-order valence-electron chi connectivity index (χ2n) is 5.99. The Balaban J connectivity index is 2.27. The van der Waals surface area contributed by atoms with Crippen LogP contribution in [-0.2, 0) is 14.8 Å². The van der Waals surface area contributed by atoms with Crippen molar-refractivity contribution in [1.82, 2.24) is 4.90 Å². The molecule has 1 aliphatic rings. The van der Waals surface area contributed by atoms with Crippen LogP contribution in [0.1, 0.15) is 25.3 Å². The lowest BCUT2D eigenvalue weighted by Gasteiger charge is -2.33. The van der Waals surface area contributed by atoms with Crippen LogP contribution in [0.25, 0.3) is 0 Å². The molecule has 1 saturated heterocycles.